The zero-order valence-electron chi connectivity index (χ0n) is 7.59. The van der Waals surface area contributed by atoms with Gasteiger partial charge in [0.15, 0.2) is 0 Å². The largest absolute Gasteiger partial charge is 0.393 e. The van der Waals surface area contributed by atoms with Gasteiger partial charge in [0.05, 0.1) is 17.1 Å². The molecular weight excluding hydrogens is 283 g/mol. The molecule has 3 N–H and O–H groups in total. The molecule has 6 heteroatoms. The third kappa shape index (κ3) is 3.56. The molecule has 0 heterocycles. The van der Waals surface area contributed by atoms with E-state index in [4.69, 9.17) is 5.73 Å². The summed E-state index contributed by atoms with van der Waals surface area (Å²) in [5.41, 5.74) is 5.28. The number of rotatable bonds is 3. The molecule has 80 valence electrons. The van der Waals surface area contributed by atoms with E-state index in [1.54, 1.807) is 6.07 Å². The number of nitrogens with two attached hydrogens (primary N) is 1. The van der Waals surface area contributed by atoms with E-state index in [0.29, 0.717) is 4.47 Å². The second-order valence-electron chi connectivity index (χ2n) is 2.79. The number of hydrogen-bond donors (Lipinski definition) is 2. The number of anilines is 1. The minimum atomic E-state index is -0.513. The second kappa shape index (κ2) is 5.18. The predicted molar refractivity (Wildman–Crippen MR) is 64.1 cm³/mol. The molecule has 0 aliphatic carbocycles. The molecule has 1 rings (SSSR count). The van der Waals surface area contributed by atoms with Crippen LogP contribution in [0.5, 0.6) is 0 Å². The predicted octanol–water partition coefficient (Wildman–Crippen LogP) is 2.20. The molecule has 3 nitrogen and oxygen atoms in total. The summed E-state index contributed by atoms with van der Waals surface area (Å²) in [5.74, 6) is -0.950. The lowest BCUT2D eigenvalue weighted by atomic mass is 10.3. The molecule has 0 aromatic heterocycles. The Bertz CT molecular complexity index is 391. The molecule has 0 bridgehead atoms. The minimum Gasteiger partial charge on any atom is -0.393 e. The number of carbonyl (C=O) groups is 1. The van der Waals surface area contributed by atoms with Crippen molar-refractivity contribution in [3.8, 4) is 0 Å². The highest BCUT2D eigenvalue weighted by Crippen LogP contribution is 2.25. The Hall–Kier alpha value is -1.01. The summed E-state index contributed by atoms with van der Waals surface area (Å²) in [6.45, 7) is 0. The summed E-state index contributed by atoms with van der Waals surface area (Å²) in [7, 11) is 0. The summed E-state index contributed by atoms with van der Waals surface area (Å²) in [6, 6.07) is 4.41. The maximum absolute atomic E-state index is 13.2. The summed E-state index contributed by atoms with van der Waals surface area (Å²) in [4.78, 5) is 11.3. The zero-order valence-corrected chi connectivity index (χ0v) is 9.99. The first-order chi connectivity index (χ1) is 7.00. The minimum absolute atomic E-state index is 0.0694. The van der Waals surface area contributed by atoms with Crippen LogP contribution in [0, 0.1) is 5.82 Å². The van der Waals surface area contributed by atoms with Crippen molar-refractivity contribution in [2.24, 2.45) is 5.73 Å². The summed E-state index contributed by atoms with van der Waals surface area (Å²) >= 11 is 7.69. The standard InChI is InChI=1S/C9H8BrFN2OS/c10-5-2-1-3-6(11)9(5)13-8(14)4-7(12)15/h1-3H,4H2,(H2,12,15)(H,13,14). The Morgan fingerprint density at radius 1 is 1.60 bits per heavy atom. The van der Waals surface area contributed by atoms with Crippen LogP contribution in [0.15, 0.2) is 22.7 Å². The highest BCUT2D eigenvalue weighted by molar-refractivity contribution is 9.10. The van der Waals surface area contributed by atoms with Crippen molar-refractivity contribution >= 4 is 44.7 Å². The van der Waals surface area contributed by atoms with Gasteiger partial charge in [-0.25, -0.2) is 4.39 Å². The number of thiocarbonyl (C=S) groups is 1. The number of amides is 1. The van der Waals surface area contributed by atoms with Crippen LogP contribution >= 0.6 is 28.1 Å². The van der Waals surface area contributed by atoms with Crippen molar-refractivity contribution < 1.29 is 9.18 Å². The molecule has 15 heavy (non-hydrogen) atoms. The number of benzene rings is 1. The lowest BCUT2D eigenvalue weighted by Gasteiger charge is -2.07. The Balaban J connectivity index is 2.80. The van der Waals surface area contributed by atoms with Crippen LogP contribution < -0.4 is 11.1 Å². The van der Waals surface area contributed by atoms with Crippen LogP contribution in [0.4, 0.5) is 10.1 Å². The van der Waals surface area contributed by atoms with Gasteiger partial charge in [0.1, 0.15) is 5.82 Å². The average Bonchev–Trinajstić information content (AvgIpc) is 2.10. The molecule has 0 saturated heterocycles. The van der Waals surface area contributed by atoms with Gasteiger partial charge in [0.2, 0.25) is 5.91 Å². The highest BCUT2D eigenvalue weighted by atomic mass is 79.9. The second-order valence-corrected chi connectivity index (χ2v) is 4.17. The number of nitrogens with one attached hydrogen (secondary N) is 1. The van der Waals surface area contributed by atoms with Gasteiger partial charge < -0.3 is 11.1 Å². The average molecular weight is 291 g/mol. The summed E-state index contributed by atoms with van der Waals surface area (Å²) in [6.07, 6.45) is -0.101. The maximum atomic E-state index is 13.2. The zero-order chi connectivity index (χ0) is 11.4. The molecule has 1 aromatic carbocycles. The fourth-order valence-electron chi connectivity index (χ4n) is 0.959. The number of carbonyl (C=O) groups excluding carboxylic acids is 1. The SMILES string of the molecule is NC(=S)CC(=O)Nc1c(F)cccc1Br. The third-order valence-corrected chi connectivity index (χ3v) is 2.37. The molecule has 1 amide bonds. The van der Waals surface area contributed by atoms with Crippen molar-refractivity contribution in [3.05, 3.63) is 28.5 Å². The number of halogens is 2. The van der Waals surface area contributed by atoms with Crippen LogP contribution in [-0.4, -0.2) is 10.9 Å². The van der Waals surface area contributed by atoms with E-state index in [0.717, 1.165) is 0 Å². The van der Waals surface area contributed by atoms with Crippen LogP contribution in [0.1, 0.15) is 6.42 Å². The van der Waals surface area contributed by atoms with Gasteiger partial charge in [0, 0.05) is 4.47 Å². The molecule has 0 fully saturated rings. The van der Waals surface area contributed by atoms with Gasteiger partial charge >= 0.3 is 0 Å². The van der Waals surface area contributed by atoms with E-state index in [2.05, 4.69) is 33.5 Å². The Kier molecular flexibility index (Phi) is 4.16. The van der Waals surface area contributed by atoms with Crippen molar-refractivity contribution in [3.63, 3.8) is 0 Å². The van der Waals surface area contributed by atoms with Crippen LogP contribution in [0.3, 0.4) is 0 Å². The Morgan fingerprint density at radius 2 is 2.27 bits per heavy atom. The summed E-state index contributed by atoms with van der Waals surface area (Å²) in [5, 5.41) is 2.38. The smallest absolute Gasteiger partial charge is 0.231 e. The van der Waals surface area contributed by atoms with Crippen LogP contribution in [0.2, 0.25) is 0 Å². The van der Waals surface area contributed by atoms with Crippen molar-refractivity contribution in [1.82, 2.24) is 0 Å². The van der Waals surface area contributed by atoms with E-state index in [-0.39, 0.29) is 17.1 Å². The van der Waals surface area contributed by atoms with E-state index < -0.39 is 11.7 Å². The third-order valence-electron chi connectivity index (χ3n) is 1.56. The molecule has 0 radical (unpaired) electrons. The normalized spacial score (nSPS) is 9.73. The molecule has 0 aliphatic heterocycles. The molecule has 0 saturated carbocycles. The van der Waals surface area contributed by atoms with E-state index in [1.165, 1.54) is 12.1 Å². The van der Waals surface area contributed by atoms with Crippen LogP contribution in [0.25, 0.3) is 0 Å². The van der Waals surface area contributed by atoms with Crippen molar-refractivity contribution in [1.29, 1.82) is 0 Å². The van der Waals surface area contributed by atoms with Crippen LogP contribution in [-0.2, 0) is 4.79 Å². The maximum Gasteiger partial charge on any atom is 0.231 e. The number of para-hydroxylation sites is 1. The topological polar surface area (TPSA) is 55.1 Å². The first kappa shape index (κ1) is 12.1. The fourth-order valence-corrected chi connectivity index (χ4v) is 1.53. The molecule has 0 unspecified atom stereocenters. The van der Waals surface area contributed by atoms with Gasteiger partial charge in [-0.3, -0.25) is 4.79 Å². The van der Waals surface area contributed by atoms with E-state index >= 15 is 0 Å². The first-order valence-electron chi connectivity index (χ1n) is 4.03. The summed E-state index contributed by atoms with van der Waals surface area (Å²) < 4.78 is 13.7. The quantitative estimate of drug-likeness (QED) is 0.839. The molecule has 0 aliphatic rings. The van der Waals surface area contributed by atoms with Gasteiger partial charge in [-0.15, -0.1) is 0 Å². The van der Waals surface area contributed by atoms with E-state index in [9.17, 15) is 9.18 Å². The first-order valence-corrected chi connectivity index (χ1v) is 5.23. The molecule has 0 atom stereocenters. The van der Waals surface area contributed by atoms with Gasteiger partial charge in [-0.05, 0) is 28.1 Å². The lowest BCUT2D eigenvalue weighted by molar-refractivity contribution is -0.115. The Morgan fingerprint density at radius 3 is 2.80 bits per heavy atom. The molecule has 0 spiro atoms. The lowest BCUT2D eigenvalue weighted by Crippen LogP contribution is -2.20. The Labute approximate surface area is 100.0 Å². The number of hydrogen-bond acceptors (Lipinski definition) is 2. The van der Waals surface area contributed by atoms with Crippen molar-refractivity contribution in [2.45, 2.75) is 6.42 Å². The fraction of sp³-hybridized carbons (Fsp3) is 0.111. The molecular formula is C9H8BrFN2OS. The molecule has 1 aromatic rings. The monoisotopic (exact) mass is 290 g/mol. The van der Waals surface area contributed by atoms with Gasteiger partial charge in [-0.1, -0.05) is 18.3 Å². The van der Waals surface area contributed by atoms with Gasteiger partial charge in [0.25, 0.3) is 0 Å². The van der Waals surface area contributed by atoms with E-state index in [1.807, 2.05) is 0 Å². The van der Waals surface area contributed by atoms with Gasteiger partial charge in [-0.2, -0.15) is 0 Å². The van der Waals surface area contributed by atoms with Crippen molar-refractivity contribution in [2.75, 3.05) is 5.32 Å². The highest BCUT2D eigenvalue weighted by Gasteiger charge is 2.10.